The SMILES string of the molecule is CCCCCCCCCCCCCCONc1ccccc1.CCCSC(N)=S. The molecule has 0 atom stereocenters. The van der Waals surface area contributed by atoms with E-state index < -0.39 is 0 Å². The molecule has 0 saturated carbocycles. The van der Waals surface area contributed by atoms with Gasteiger partial charge in [0, 0.05) is 0 Å². The Bertz CT molecular complexity index is 457. The summed E-state index contributed by atoms with van der Waals surface area (Å²) >= 11 is 6.14. The van der Waals surface area contributed by atoms with Crippen molar-refractivity contribution < 1.29 is 4.84 Å². The zero-order valence-corrected chi connectivity index (χ0v) is 20.4. The molecule has 0 fully saturated rings. The van der Waals surface area contributed by atoms with Gasteiger partial charge in [-0.25, -0.2) is 0 Å². The number of nitrogens with one attached hydrogen (secondary N) is 1. The van der Waals surface area contributed by atoms with E-state index in [4.69, 9.17) is 10.6 Å². The van der Waals surface area contributed by atoms with Gasteiger partial charge in [-0.2, -0.15) is 0 Å². The first kappa shape index (κ1) is 28.2. The molecule has 1 rings (SSSR count). The van der Waals surface area contributed by atoms with E-state index in [0.717, 1.165) is 30.9 Å². The fourth-order valence-electron chi connectivity index (χ4n) is 2.86. The molecule has 0 aliphatic heterocycles. The van der Waals surface area contributed by atoms with E-state index in [-0.39, 0.29) is 0 Å². The van der Waals surface area contributed by atoms with Crippen molar-refractivity contribution in [2.45, 2.75) is 97.3 Å². The van der Waals surface area contributed by atoms with Crippen molar-refractivity contribution >= 4 is 34.0 Å². The highest BCUT2D eigenvalue weighted by molar-refractivity contribution is 8.22. The predicted molar refractivity (Wildman–Crippen MR) is 137 cm³/mol. The summed E-state index contributed by atoms with van der Waals surface area (Å²) in [4.78, 5) is 5.46. The normalized spacial score (nSPS) is 10.3. The lowest BCUT2D eigenvalue weighted by molar-refractivity contribution is 0.187. The molecule has 0 heterocycles. The molecule has 0 bridgehead atoms. The van der Waals surface area contributed by atoms with Crippen molar-refractivity contribution in [3.05, 3.63) is 30.3 Å². The van der Waals surface area contributed by atoms with Crippen LogP contribution in [0.2, 0.25) is 0 Å². The van der Waals surface area contributed by atoms with Crippen LogP contribution in [0, 0.1) is 0 Å². The highest BCUT2D eigenvalue weighted by atomic mass is 32.2. The molecule has 0 aromatic heterocycles. The molecule has 0 radical (unpaired) electrons. The molecule has 5 heteroatoms. The summed E-state index contributed by atoms with van der Waals surface area (Å²) in [5.74, 6) is 1.05. The number of thioether (sulfide) groups is 1. The average Bonchev–Trinajstić information content (AvgIpc) is 2.73. The van der Waals surface area contributed by atoms with E-state index in [1.165, 1.54) is 70.6 Å². The van der Waals surface area contributed by atoms with Gasteiger partial charge in [0.1, 0.15) is 4.32 Å². The van der Waals surface area contributed by atoms with Gasteiger partial charge in [-0.05, 0) is 30.7 Å². The zero-order valence-electron chi connectivity index (χ0n) is 18.8. The van der Waals surface area contributed by atoms with E-state index in [0.29, 0.717) is 4.32 Å². The molecule has 0 amide bonds. The number of unbranched alkanes of at least 4 members (excludes halogenated alkanes) is 11. The maximum Gasteiger partial charge on any atom is 0.131 e. The Morgan fingerprint density at radius 2 is 1.34 bits per heavy atom. The van der Waals surface area contributed by atoms with Crippen molar-refractivity contribution in [3.8, 4) is 0 Å². The molecular formula is C24H44N2OS2. The Balaban J connectivity index is 0.000000956. The topological polar surface area (TPSA) is 47.3 Å². The van der Waals surface area contributed by atoms with Crippen LogP contribution in [0.15, 0.2) is 30.3 Å². The Hall–Kier alpha value is -0.780. The highest BCUT2D eigenvalue weighted by Gasteiger charge is 1.94. The van der Waals surface area contributed by atoms with Gasteiger partial charge >= 0.3 is 0 Å². The fraction of sp³-hybridized carbons (Fsp3) is 0.708. The molecule has 0 aliphatic carbocycles. The first-order valence-corrected chi connectivity index (χ1v) is 12.9. The summed E-state index contributed by atoms with van der Waals surface area (Å²) in [6.07, 6.45) is 17.7. The smallest absolute Gasteiger partial charge is 0.131 e. The Labute approximate surface area is 189 Å². The van der Waals surface area contributed by atoms with Crippen LogP contribution in [0.1, 0.15) is 97.3 Å². The number of hydrogen-bond donors (Lipinski definition) is 2. The number of hydrogen-bond acceptors (Lipinski definition) is 4. The van der Waals surface area contributed by atoms with Gasteiger partial charge in [0.2, 0.25) is 0 Å². The number of para-hydroxylation sites is 1. The first-order valence-electron chi connectivity index (χ1n) is 11.6. The third-order valence-corrected chi connectivity index (χ3v) is 5.76. The van der Waals surface area contributed by atoms with E-state index in [9.17, 15) is 0 Å². The van der Waals surface area contributed by atoms with E-state index in [2.05, 4.69) is 31.5 Å². The van der Waals surface area contributed by atoms with E-state index in [1.54, 1.807) is 11.8 Å². The monoisotopic (exact) mass is 440 g/mol. The lowest BCUT2D eigenvalue weighted by atomic mass is 10.1. The Morgan fingerprint density at radius 3 is 1.79 bits per heavy atom. The van der Waals surface area contributed by atoms with Crippen LogP contribution >= 0.6 is 24.0 Å². The number of nitrogens with two attached hydrogens (primary N) is 1. The van der Waals surface area contributed by atoms with Crippen LogP contribution in [0.4, 0.5) is 5.69 Å². The van der Waals surface area contributed by atoms with Crippen LogP contribution in [0.25, 0.3) is 0 Å². The predicted octanol–water partition coefficient (Wildman–Crippen LogP) is 8.10. The second-order valence-electron chi connectivity index (χ2n) is 7.37. The van der Waals surface area contributed by atoms with Gasteiger partial charge in [0.25, 0.3) is 0 Å². The van der Waals surface area contributed by atoms with Crippen LogP contribution in [0.3, 0.4) is 0 Å². The van der Waals surface area contributed by atoms with Gasteiger partial charge in [0.15, 0.2) is 0 Å². The molecule has 0 unspecified atom stereocenters. The second kappa shape index (κ2) is 23.5. The summed E-state index contributed by atoms with van der Waals surface area (Å²) in [7, 11) is 0. The van der Waals surface area contributed by atoms with Crippen LogP contribution < -0.4 is 11.2 Å². The van der Waals surface area contributed by atoms with Crippen molar-refractivity contribution in [1.82, 2.24) is 0 Å². The summed E-state index contributed by atoms with van der Waals surface area (Å²) in [5.41, 5.74) is 9.19. The van der Waals surface area contributed by atoms with Crippen LogP contribution in [0.5, 0.6) is 0 Å². The van der Waals surface area contributed by atoms with E-state index >= 15 is 0 Å². The molecule has 0 aliphatic rings. The zero-order chi connectivity index (χ0) is 21.4. The number of rotatable bonds is 17. The van der Waals surface area contributed by atoms with Crippen LogP contribution in [-0.2, 0) is 4.84 Å². The maximum atomic E-state index is 5.46. The molecule has 168 valence electrons. The lowest BCUT2D eigenvalue weighted by Gasteiger charge is -2.06. The van der Waals surface area contributed by atoms with Crippen molar-refractivity contribution in [3.63, 3.8) is 0 Å². The number of benzene rings is 1. The van der Waals surface area contributed by atoms with Crippen LogP contribution in [-0.4, -0.2) is 16.7 Å². The molecule has 3 nitrogen and oxygen atoms in total. The largest absolute Gasteiger partial charge is 0.385 e. The second-order valence-corrected chi connectivity index (χ2v) is 9.21. The van der Waals surface area contributed by atoms with Crippen molar-refractivity contribution in [1.29, 1.82) is 0 Å². The highest BCUT2D eigenvalue weighted by Crippen LogP contribution is 2.12. The van der Waals surface area contributed by atoms with Gasteiger partial charge in [-0.15, -0.1) is 0 Å². The standard InChI is InChI=1S/C20H35NO.C4H9NS2/c1-2-3-4-5-6-7-8-9-10-11-12-16-19-22-21-20-17-14-13-15-18-20;1-2-3-7-4(5)6/h13-15,17-18,21H,2-12,16,19H2,1H3;2-3H2,1H3,(H2,5,6). The summed E-state index contributed by atoms with van der Waals surface area (Å²) < 4.78 is 0.557. The number of thiocarbonyl (C=S) groups is 1. The Kier molecular flexibility index (Phi) is 22.9. The minimum absolute atomic E-state index is 0.557. The molecule has 0 saturated heterocycles. The van der Waals surface area contributed by atoms with Gasteiger partial charge < -0.3 is 5.73 Å². The van der Waals surface area contributed by atoms with Gasteiger partial charge in [-0.3, -0.25) is 10.3 Å². The van der Waals surface area contributed by atoms with E-state index in [1.807, 2.05) is 30.3 Å². The molecule has 29 heavy (non-hydrogen) atoms. The Morgan fingerprint density at radius 1 is 0.828 bits per heavy atom. The summed E-state index contributed by atoms with van der Waals surface area (Å²) in [6.45, 7) is 5.18. The quantitative estimate of drug-likeness (QED) is 0.145. The minimum Gasteiger partial charge on any atom is -0.385 e. The minimum atomic E-state index is 0.557. The van der Waals surface area contributed by atoms with Gasteiger partial charge in [-0.1, -0.05) is 127 Å². The number of anilines is 1. The fourth-order valence-corrected chi connectivity index (χ4v) is 3.51. The molecule has 1 aromatic rings. The molecule has 3 N–H and O–H groups in total. The average molecular weight is 441 g/mol. The van der Waals surface area contributed by atoms with Crippen molar-refractivity contribution in [2.75, 3.05) is 17.8 Å². The third kappa shape index (κ3) is 23.4. The maximum absolute atomic E-state index is 5.46. The summed E-state index contributed by atoms with van der Waals surface area (Å²) in [6, 6.07) is 10.1. The third-order valence-electron chi connectivity index (χ3n) is 4.51. The van der Waals surface area contributed by atoms with Gasteiger partial charge in [0.05, 0.1) is 12.3 Å². The van der Waals surface area contributed by atoms with Crippen molar-refractivity contribution in [2.24, 2.45) is 5.73 Å². The lowest BCUT2D eigenvalue weighted by Crippen LogP contribution is -2.02. The molecule has 1 aromatic carbocycles. The molecule has 0 spiro atoms. The first-order chi connectivity index (χ1) is 14.2. The summed E-state index contributed by atoms with van der Waals surface area (Å²) in [5, 5.41) is 0. The molecular weight excluding hydrogens is 396 g/mol.